The maximum Gasteiger partial charge on any atom is 0.0485 e. The number of fused-ring (bicyclic) bond motifs is 1. The van der Waals surface area contributed by atoms with Gasteiger partial charge >= 0.3 is 0 Å². The molecule has 0 radical (unpaired) electrons. The minimum Gasteiger partial charge on any atom is -0.381 e. The summed E-state index contributed by atoms with van der Waals surface area (Å²) in [6.07, 6.45) is 3.26. The van der Waals surface area contributed by atoms with Gasteiger partial charge in [0.15, 0.2) is 0 Å². The average Bonchev–Trinajstić information content (AvgIpc) is 2.39. The van der Waals surface area contributed by atoms with E-state index in [4.69, 9.17) is 10.5 Å². The van der Waals surface area contributed by atoms with Gasteiger partial charge < -0.3 is 15.4 Å². The molecule has 1 aromatic carbocycles. The molecule has 1 fully saturated rings. The van der Waals surface area contributed by atoms with Crippen LogP contribution in [0.5, 0.6) is 0 Å². The Hall–Kier alpha value is -1.06. The van der Waals surface area contributed by atoms with Crippen LogP contribution in [0.25, 0.3) is 0 Å². The van der Waals surface area contributed by atoms with Crippen molar-refractivity contribution in [1.82, 2.24) is 0 Å². The fourth-order valence-corrected chi connectivity index (χ4v) is 3.00. The van der Waals surface area contributed by atoms with Crippen LogP contribution in [0.4, 0.5) is 5.69 Å². The predicted octanol–water partition coefficient (Wildman–Crippen LogP) is 1.56. The smallest absolute Gasteiger partial charge is 0.0485 e. The van der Waals surface area contributed by atoms with E-state index in [1.54, 1.807) is 0 Å². The monoisotopic (exact) mass is 232 g/mol. The van der Waals surface area contributed by atoms with E-state index in [-0.39, 0.29) is 6.04 Å². The molecule has 0 aromatic heterocycles. The van der Waals surface area contributed by atoms with E-state index in [0.29, 0.717) is 6.04 Å². The summed E-state index contributed by atoms with van der Waals surface area (Å²) in [4.78, 5) is 2.51. The predicted molar refractivity (Wildman–Crippen MR) is 69.3 cm³/mol. The summed E-state index contributed by atoms with van der Waals surface area (Å²) in [5.41, 5.74) is 8.96. The number of rotatable bonds is 1. The molecule has 92 valence electrons. The van der Waals surface area contributed by atoms with Gasteiger partial charge in [0.1, 0.15) is 0 Å². The van der Waals surface area contributed by atoms with Crippen LogP contribution >= 0.6 is 0 Å². The number of hydrogen-bond donors (Lipinski definition) is 1. The van der Waals surface area contributed by atoms with E-state index in [2.05, 4.69) is 29.2 Å². The third-order valence-corrected chi connectivity index (χ3v) is 3.85. The van der Waals surface area contributed by atoms with Gasteiger partial charge in [-0.15, -0.1) is 0 Å². The first kappa shape index (κ1) is 11.1. The Labute approximate surface area is 103 Å². The number of para-hydroxylation sites is 1. The molecule has 2 aliphatic heterocycles. The normalized spacial score (nSPS) is 25.7. The van der Waals surface area contributed by atoms with E-state index >= 15 is 0 Å². The van der Waals surface area contributed by atoms with Crippen LogP contribution in [-0.2, 0) is 11.2 Å². The summed E-state index contributed by atoms with van der Waals surface area (Å²) in [7, 11) is 0. The zero-order valence-electron chi connectivity index (χ0n) is 10.1. The highest BCUT2D eigenvalue weighted by molar-refractivity contribution is 5.57. The zero-order chi connectivity index (χ0) is 11.7. The first-order chi connectivity index (χ1) is 8.34. The molecule has 0 spiro atoms. The molecule has 2 heterocycles. The van der Waals surface area contributed by atoms with Gasteiger partial charge in [-0.25, -0.2) is 0 Å². The van der Waals surface area contributed by atoms with Crippen molar-refractivity contribution in [3.05, 3.63) is 29.8 Å². The summed E-state index contributed by atoms with van der Waals surface area (Å²) in [6.45, 7) is 2.76. The molecule has 1 saturated heterocycles. The fraction of sp³-hybridized carbons (Fsp3) is 0.571. The third-order valence-electron chi connectivity index (χ3n) is 3.85. The molecule has 0 aliphatic carbocycles. The molecular weight excluding hydrogens is 212 g/mol. The lowest BCUT2D eigenvalue weighted by Gasteiger charge is -2.41. The molecule has 3 rings (SSSR count). The second-order valence-electron chi connectivity index (χ2n) is 5.09. The molecule has 3 nitrogen and oxygen atoms in total. The number of ether oxygens (including phenoxy) is 1. The van der Waals surface area contributed by atoms with E-state index < -0.39 is 0 Å². The number of anilines is 1. The second kappa shape index (κ2) is 4.67. The zero-order valence-corrected chi connectivity index (χ0v) is 10.1. The van der Waals surface area contributed by atoms with Gasteiger partial charge in [0, 0.05) is 37.5 Å². The molecule has 2 N–H and O–H groups in total. The lowest BCUT2D eigenvalue weighted by atomic mass is 9.95. The van der Waals surface area contributed by atoms with Crippen molar-refractivity contribution < 1.29 is 4.74 Å². The van der Waals surface area contributed by atoms with Crippen LogP contribution in [0.3, 0.4) is 0 Å². The Morgan fingerprint density at radius 3 is 2.76 bits per heavy atom. The van der Waals surface area contributed by atoms with Crippen molar-refractivity contribution in [3.8, 4) is 0 Å². The van der Waals surface area contributed by atoms with Gasteiger partial charge in [-0.2, -0.15) is 0 Å². The van der Waals surface area contributed by atoms with Crippen LogP contribution in [0.1, 0.15) is 18.4 Å². The summed E-state index contributed by atoms with van der Waals surface area (Å²) in [5.74, 6) is 0. The van der Waals surface area contributed by atoms with Gasteiger partial charge in [0.25, 0.3) is 0 Å². The highest BCUT2D eigenvalue weighted by Gasteiger charge is 2.28. The minimum absolute atomic E-state index is 0.271. The maximum atomic E-state index is 6.17. The Morgan fingerprint density at radius 2 is 1.94 bits per heavy atom. The van der Waals surface area contributed by atoms with E-state index in [9.17, 15) is 0 Å². The van der Waals surface area contributed by atoms with Crippen molar-refractivity contribution in [1.29, 1.82) is 0 Å². The fourth-order valence-electron chi connectivity index (χ4n) is 3.00. The Bertz CT molecular complexity index is 388. The molecule has 1 aromatic rings. The second-order valence-corrected chi connectivity index (χ2v) is 5.09. The molecule has 2 aliphatic rings. The van der Waals surface area contributed by atoms with Crippen molar-refractivity contribution >= 4 is 5.69 Å². The Kier molecular flexibility index (Phi) is 3.04. The summed E-state index contributed by atoms with van der Waals surface area (Å²) in [5, 5.41) is 0. The van der Waals surface area contributed by atoms with Crippen molar-refractivity contribution in [3.63, 3.8) is 0 Å². The molecule has 0 amide bonds. The summed E-state index contributed by atoms with van der Waals surface area (Å²) >= 11 is 0. The van der Waals surface area contributed by atoms with Crippen LogP contribution in [0.2, 0.25) is 0 Å². The molecule has 1 atom stereocenters. The molecule has 3 heteroatoms. The van der Waals surface area contributed by atoms with Crippen LogP contribution in [-0.4, -0.2) is 31.8 Å². The topological polar surface area (TPSA) is 38.5 Å². The van der Waals surface area contributed by atoms with Gasteiger partial charge in [0.2, 0.25) is 0 Å². The van der Waals surface area contributed by atoms with Crippen LogP contribution in [0, 0.1) is 0 Å². The Morgan fingerprint density at radius 1 is 1.18 bits per heavy atom. The van der Waals surface area contributed by atoms with E-state index in [0.717, 1.165) is 39.0 Å². The summed E-state index contributed by atoms with van der Waals surface area (Å²) in [6, 6.07) is 9.56. The average molecular weight is 232 g/mol. The SMILES string of the molecule is NC1Cc2ccccc2N(C2CCOCC2)C1. The van der Waals surface area contributed by atoms with Crippen LogP contribution in [0.15, 0.2) is 24.3 Å². The van der Waals surface area contributed by atoms with E-state index in [1.807, 2.05) is 0 Å². The third kappa shape index (κ3) is 2.17. The van der Waals surface area contributed by atoms with E-state index in [1.165, 1.54) is 11.3 Å². The quantitative estimate of drug-likeness (QED) is 0.798. The largest absolute Gasteiger partial charge is 0.381 e. The minimum atomic E-state index is 0.271. The Balaban J connectivity index is 1.88. The van der Waals surface area contributed by atoms with Crippen LogP contribution < -0.4 is 10.6 Å². The van der Waals surface area contributed by atoms with Gasteiger partial charge in [-0.1, -0.05) is 18.2 Å². The molecule has 17 heavy (non-hydrogen) atoms. The summed E-state index contributed by atoms with van der Waals surface area (Å²) < 4.78 is 5.45. The molecule has 1 unspecified atom stereocenters. The van der Waals surface area contributed by atoms with Crippen molar-refractivity contribution in [2.24, 2.45) is 5.73 Å². The van der Waals surface area contributed by atoms with Crippen molar-refractivity contribution in [2.45, 2.75) is 31.3 Å². The van der Waals surface area contributed by atoms with Crippen molar-refractivity contribution in [2.75, 3.05) is 24.7 Å². The molecule has 0 saturated carbocycles. The first-order valence-corrected chi connectivity index (χ1v) is 6.52. The molecular formula is C14H20N2O. The lowest BCUT2D eigenvalue weighted by Crippen LogP contribution is -2.49. The highest BCUT2D eigenvalue weighted by Crippen LogP contribution is 2.30. The first-order valence-electron chi connectivity index (χ1n) is 6.52. The van der Waals surface area contributed by atoms with Gasteiger partial charge in [0.05, 0.1) is 0 Å². The lowest BCUT2D eigenvalue weighted by molar-refractivity contribution is 0.0838. The maximum absolute atomic E-state index is 6.17. The number of nitrogens with two attached hydrogens (primary N) is 1. The highest BCUT2D eigenvalue weighted by atomic mass is 16.5. The van der Waals surface area contributed by atoms with Gasteiger partial charge in [-0.05, 0) is 30.9 Å². The number of benzene rings is 1. The standard InChI is InChI=1S/C14H20N2O/c15-12-9-11-3-1-2-4-14(11)16(10-12)13-5-7-17-8-6-13/h1-4,12-13H,5-10,15H2. The molecule has 0 bridgehead atoms. The number of hydrogen-bond acceptors (Lipinski definition) is 3. The number of nitrogens with zero attached hydrogens (tertiary/aromatic N) is 1. The van der Waals surface area contributed by atoms with Gasteiger partial charge in [-0.3, -0.25) is 0 Å².